The largest absolute Gasteiger partial charge is 2.00 e. The van der Waals surface area contributed by atoms with Crippen molar-refractivity contribution in [3.05, 3.63) is 211 Å². The molecule has 1 aliphatic rings. The fourth-order valence-corrected chi connectivity index (χ4v) is 9.12. The normalized spacial score (nSPS) is 10.2. The molecule has 0 saturated heterocycles. The smallest absolute Gasteiger partial charge is 1.00 e. The Morgan fingerprint density at radius 2 is 0.556 bits per heavy atom. The first-order valence-electron chi connectivity index (χ1n) is 14.1. The molecular weight excluding hydrogens is 691 g/mol. The van der Waals surface area contributed by atoms with E-state index in [1.165, 1.54) is 31.8 Å². The van der Waals surface area contributed by atoms with Gasteiger partial charge in [-0.2, -0.15) is 0 Å². The molecule has 6 aromatic rings. The van der Waals surface area contributed by atoms with E-state index in [2.05, 4.69) is 211 Å². The van der Waals surface area contributed by atoms with Gasteiger partial charge in [0.05, 0.1) is 0 Å². The second-order valence-electron chi connectivity index (χ2n) is 9.31. The van der Waals surface area contributed by atoms with E-state index in [9.17, 15) is 0 Å². The maximum absolute atomic E-state index is 2.50. The van der Waals surface area contributed by atoms with E-state index in [4.69, 9.17) is 0 Å². The zero-order chi connectivity index (χ0) is 29.4. The number of allylic oxidation sites excluding steroid dienone is 2. The molecule has 0 spiro atoms. The fourth-order valence-electron chi connectivity index (χ4n) is 4.51. The summed E-state index contributed by atoms with van der Waals surface area (Å²) in [6.07, 6.45) is 5.00. The van der Waals surface area contributed by atoms with Gasteiger partial charge < -0.3 is 12.4 Å². The Morgan fingerprint density at radius 1 is 0.333 bits per heavy atom. The molecule has 0 saturated carbocycles. The van der Waals surface area contributed by atoms with Crippen LogP contribution in [0.4, 0.5) is 0 Å². The van der Waals surface area contributed by atoms with Crippen LogP contribution in [0.1, 0.15) is 0 Å². The molecule has 219 valence electrons. The van der Waals surface area contributed by atoms with Crippen LogP contribution in [-0.4, -0.2) is 0 Å². The van der Waals surface area contributed by atoms with Gasteiger partial charge in [-0.05, 0) is 47.7 Å². The van der Waals surface area contributed by atoms with Crippen molar-refractivity contribution in [2.45, 2.75) is 0 Å². The van der Waals surface area contributed by atoms with E-state index in [1.807, 2.05) is 0 Å². The van der Waals surface area contributed by atoms with Gasteiger partial charge in [0.1, 0.15) is 0 Å². The van der Waals surface area contributed by atoms with Crippen LogP contribution in [0.15, 0.2) is 199 Å². The van der Waals surface area contributed by atoms with Crippen LogP contribution in [-0.2, 0) is 19.5 Å². The van der Waals surface area contributed by atoms with Gasteiger partial charge in [-0.1, -0.05) is 182 Å². The van der Waals surface area contributed by atoms with Crippen LogP contribution in [0, 0.1) is 12.2 Å². The summed E-state index contributed by atoms with van der Waals surface area (Å²) < 4.78 is 0. The summed E-state index contributed by atoms with van der Waals surface area (Å²) in [6, 6.07) is 64.7. The molecule has 6 aromatic carbocycles. The molecule has 0 nitrogen and oxygen atoms in total. The predicted molar refractivity (Wildman–Crippen MR) is 187 cm³/mol. The van der Waals surface area contributed by atoms with Crippen LogP contribution >= 0.6 is 15.8 Å². The summed E-state index contributed by atoms with van der Waals surface area (Å²) in [5.41, 5.74) is 7.50. The first kappa shape index (κ1) is 35.7. The van der Waals surface area contributed by atoms with E-state index >= 15 is 0 Å². The van der Waals surface area contributed by atoms with Gasteiger partial charge in [0.15, 0.2) is 0 Å². The SMILES string of the molecule is [C]1=C=C=C=[C-]1.[Cl-].[Ru+2].c1ccc(P(c2ccccc2)c2ccccc2)cc1.c1ccc(P(c2ccccc2)c2ccccc2)cc1. The molecule has 0 heterocycles. The third-order valence-electron chi connectivity index (χ3n) is 6.40. The van der Waals surface area contributed by atoms with Gasteiger partial charge in [0, 0.05) is 0 Å². The zero-order valence-electron chi connectivity index (χ0n) is 24.4. The molecule has 4 heteroatoms. The molecule has 1 radical (unpaired) electrons. The van der Waals surface area contributed by atoms with Crippen LogP contribution in [0.25, 0.3) is 0 Å². The molecule has 0 N–H and O–H groups in total. The Bertz CT molecular complexity index is 1470. The summed E-state index contributed by atoms with van der Waals surface area (Å²) in [4.78, 5) is 0. The first-order valence-corrected chi connectivity index (χ1v) is 16.7. The molecule has 7 rings (SSSR count). The summed E-state index contributed by atoms with van der Waals surface area (Å²) in [6.45, 7) is 0. The van der Waals surface area contributed by atoms with Crippen LogP contribution in [0.5, 0.6) is 0 Å². The second kappa shape index (κ2) is 20.3. The van der Waals surface area contributed by atoms with Crippen LogP contribution in [0.2, 0.25) is 0 Å². The van der Waals surface area contributed by atoms with Gasteiger partial charge in [-0.25, -0.2) is 5.73 Å². The summed E-state index contributed by atoms with van der Waals surface area (Å²) in [7, 11) is -0.892. The molecule has 0 bridgehead atoms. The molecule has 45 heavy (non-hydrogen) atoms. The molecular formula is C41H30ClP2Ru. The Kier molecular flexibility index (Phi) is 16.0. The van der Waals surface area contributed by atoms with Crippen molar-refractivity contribution >= 4 is 47.7 Å². The minimum Gasteiger partial charge on any atom is -1.00 e. The average molecular weight is 721 g/mol. The predicted octanol–water partition coefficient (Wildman–Crippen LogP) is 4.52. The topological polar surface area (TPSA) is 0 Å². The number of rotatable bonds is 6. The van der Waals surface area contributed by atoms with E-state index < -0.39 is 15.8 Å². The maximum atomic E-state index is 2.50. The van der Waals surface area contributed by atoms with Crippen molar-refractivity contribution in [2.75, 3.05) is 0 Å². The maximum Gasteiger partial charge on any atom is 2.00 e. The van der Waals surface area contributed by atoms with Crippen molar-refractivity contribution in [3.63, 3.8) is 0 Å². The first-order chi connectivity index (χ1) is 21.4. The van der Waals surface area contributed by atoms with Gasteiger partial charge in [0.2, 0.25) is 0 Å². The van der Waals surface area contributed by atoms with E-state index in [0.717, 1.165) is 0 Å². The van der Waals surface area contributed by atoms with E-state index in [1.54, 1.807) is 0 Å². The van der Waals surface area contributed by atoms with Crippen LogP contribution in [0.3, 0.4) is 0 Å². The summed E-state index contributed by atoms with van der Waals surface area (Å²) in [5, 5.41) is 8.39. The number of hydrogen-bond donors (Lipinski definition) is 0. The average Bonchev–Trinajstić information content (AvgIpc) is 3.69. The quantitative estimate of drug-likeness (QED) is 0.103. The number of halogens is 1. The minimum absolute atomic E-state index is 0. The molecule has 0 unspecified atom stereocenters. The van der Waals surface area contributed by atoms with Gasteiger partial charge in [-0.3, -0.25) is 11.5 Å². The summed E-state index contributed by atoms with van der Waals surface area (Å²) in [5.74, 6) is 0. The molecule has 0 aliphatic heterocycles. The van der Waals surface area contributed by atoms with Crippen LogP contribution < -0.4 is 44.2 Å². The standard InChI is InChI=1S/2C18H15P.C5.ClH.Ru/c2*1-4-10-16(11-5-1)19(17-12-6-2-7-13-17)18-14-8-3-9-15-18;1-2-4-5-3-1;;/h2*1-15H;;1H;/q;;-1;;+2/p-1. The Balaban J connectivity index is 0.000000204. The van der Waals surface area contributed by atoms with Crippen molar-refractivity contribution in [2.24, 2.45) is 0 Å². The van der Waals surface area contributed by atoms with E-state index in [-0.39, 0.29) is 31.9 Å². The van der Waals surface area contributed by atoms with Gasteiger partial charge in [-0.15, -0.1) is 12.2 Å². The zero-order valence-corrected chi connectivity index (χ0v) is 28.7. The van der Waals surface area contributed by atoms with Gasteiger partial charge >= 0.3 is 19.5 Å². The number of benzene rings is 6. The summed E-state index contributed by atoms with van der Waals surface area (Å²) >= 11 is 0. The van der Waals surface area contributed by atoms with Crippen molar-refractivity contribution in [1.82, 2.24) is 0 Å². The third kappa shape index (κ3) is 10.9. The minimum atomic E-state index is -0.446. The number of hydrogen-bond acceptors (Lipinski definition) is 0. The Morgan fingerprint density at radius 3 is 0.689 bits per heavy atom. The van der Waals surface area contributed by atoms with Crippen molar-refractivity contribution < 1.29 is 31.9 Å². The van der Waals surface area contributed by atoms with Gasteiger partial charge in [0.25, 0.3) is 0 Å². The molecule has 0 fully saturated rings. The molecule has 0 aromatic heterocycles. The fraction of sp³-hybridized carbons (Fsp3) is 0. The monoisotopic (exact) mass is 721 g/mol. The third-order valence-corrected chi connectivity index (χ3v) is 11.3. The molecule has 0 amide bonds. The Hall–Kier alpha value is -3.83. The Labute approximate surface area is 289 Å². The second-order valence-corrected chi connectivity index (χ2v) is 13.7. The van der Waals surface area contributed by atoms with E-state index in [0.29, 0.717) is 0 Å². The molecule has 1 aliphatic carbocycles. The van der Waals surface area contributed by atoms with Crippen molar-refractivity contribution in [1.29, 1.82) is 0 Å². The molecule has 0 atom stereocenters. The van der Waals surface area contributed by atoms with Crippen molar-refractivity contribution in [3.8, 4) is 0 Å².